The van der Waals surface area contributed by atoms with Gasteiger partial charge >= 0.3 is 0 Å². The van der Waals surface area contributed by atoms with Crippen molar-refractivity contribution in [1.29, 1.82) is 0 Å². The van der Waals surface area contributed by atoms with Gasteiger partial charge in [-0.1, -0.05) is 25.1 Å². The number of amides is 1. The van der Waals surface area contributed by atoms with E-state index in [1.54, 1.807) is 31.4 Å². The van der Waals surface area contributed by atoms with Gasteiger partial charge in [-0.25, -0.2) is 13.1 Å². The summed E-state index contributed by atoms with van der Waals surface area (Å²) in [6.07, 6.45) is 1.97. The van der Waals surface area contributed by atoms with Crippen molar-refractivity contribution in [3.8, 4) is 5.75 Å². The number of aromatic nitrogens is 1. The number of fused-ring (bicyclic) bond motifs is 1. The van der Waals surface area contributed by atoms with Crippen molar-refractivity contribution in [3.05, 3.63) is 65.4 Å². The Kier molecular flexibility index (Phi) is 5.02. The second-order valence-corrected chi connectivity index (χ2v) is 9.33. The Labute approximate surface area is 176 Å². The lowest BCUT2D eigenvalue weighted by Gasteiger charge is -2.20. The number of sulfonamides is 1. The van der Waals surface area contributed by atoms with E-state index in [1.165, 1.54) is 6.07 Å². The van der Waals surface area contributed by atoms with E-state index in [-0.39, 0.29) is 4.90 Å². The molecule has 0 atom stereocenters. The Morgan fingerprint density at radius 1 is 1.17 bits per heavy atom. The summed E-state index contributed by atoms with van der Waals surface area (Å²) in [6.45, 7) is 3.88. The predicted molar refractivity (Wildman–Crippen MR) is 115 cm³/mol. The Morgan fingerprint density at radius 3 is 2.60 bits per heavy atom. The minimum Gasteiger partial charge on any atom is -0.496 e. The number of methoxy groups -OCH3 is 1. The van der Waals surface area contributed by atoms with E-state index in [4.69, 9.17) is 4.74 Å². The second kappa shape index (κ2) is 7.40. The zero-order chi connectivity index (χ0) is 21.5. The van der Waals surface area contributed by atoms with Crippen molar-refractivity contribution < 1.29 is 17.9 Å². The molecule has 1 aromatic heterocycles. The molecule has 1 N–H and O–H groups in total. The summed E-state index contributed by atoms with van der Waals surface area (Å²) in [6, 6.07) is 14.1. The van der Waals surface area contributed by atoms with Gasteiger partial charge in [0.2, 0.25) is 5.91 Å². The average Bonchev–Trinajstić information content (AvgIpc) is 3.54. The van der Waals surface area contributed by atoms with E-state index >= 15 is 0 Å². The van der Waals surface area contributed by atoms with Gasteiger partial charge < -0.3 is 4.74 Å². The van der Waals surface area contributed by atoms with E-state index < -0.39 is 21.3 Å². The van der Waals surface area contributed by atoms with Crippen LogP contribution in [0.3, 0.4) is 0 Å². The summed E-state index contributed by atoms with van der Waals surface area (Å²) in [7, 11) is -2.51. The monoisotopic (exact) mass is 424 g/mol. The lowest BCUT2D eigenvalue weighted by molar-refractivity contribution is -0.121. The normalized spacial score (nSPS) is 15.0. The van der Waals surface area contributed by atoms with Crippen LogP contribution in [0.5, 0.6) is 5.75 Å². The largest absolute Gasteiger partial charge is 0.496 e. The zero-order valence-corrected chi connectivity index (χ0v) is 18.0. The van der Waals surface area contributed by atoms with Crippen LogP contribution in [0, 0.1) is 6.92 Å². The number of pyridine rings is 1. The highest BCUT2D eigenvalue weighted by Crippen LogP contribution is 2.52. The number of benzene rings is 2. The third kappa shape index (κ3) is 3.43. The van der Waals surface area contributed by atoms with Gasteiger partial charge in [0.05, 0.1) is 22.9 Å². The number of ether oxygens (including phenoxy) is 1. The maximum absolute atomic E-state index is 13.2. The first kappa shape index (κ1) is 20.3. The van der Waals surface area contributed by atoms with Crippen molar-refractivity contribution in [3.63, 3.8) is 0 Å². The summed E-state index contributed by atoms with van der Waals surface area (Å²) < 4.78 is 34.1. The first-order chi connectivity index (χ1) is 14.3. The maximum atomic E-state index is 13.2. The lowest BCUT2D eigenvalue weighted by atomic mass is 9.92. The smallest absolute Gasteiger partial charge is 0.264 e. The number of nitrogens with zero attached hydrogens (tertiary/aromatic N) is 1. The van der Waals surface area contributed by atoms with Crippen LogP contribution >= 0.6 is 0 Å². The molecule has 1 aliphatic carbocycles. The third-order valence-electron chi connectivity index (χ3n) is 5.72. The molecule has 3 aromatic rings. The predicted octanol–water partition coefficient (Wildman–Crippen LogP) is 3.65. The fourth-order valence-electron chi connectivity index (χ4n) is 3.83. The van der Waals surface area contributed by atoms with Crippen LogP contribution in [0.15, 0.2) is 53.4 Å². The summed E-state index contributed by atoms with van der Waals surface area (Å²) in [5.41, 5.74) is 2.29. The van der Waals surface area contributed by atoms with Crippen molar-refractivity contribution in [2.75, 3.05) is 7.11 Å². The summed E-state index contributed by atoms with van der Waals surface area (Å²) in [5, 5.41) is 0.485. The number of hydrogen-bond acceptors (Lipinski definition) is 5. The fourth-order valence-corrected chi connectivity index (χ4v) is 5.10. The molecular formula is C23H24N2O4S. The molecule has 1 aliphatic rings. The Bertz CT molecular complexity index is 1250. The van der Waals surface area contributed by atoms with E-state index in [1.807, 2.05) is 32.0 Å². The topological polar surface area (TPSA) is 85.4 Å². The van der Waals surface area contributed by atoms with Gasteiger partial charge in [-0.05, 0) is 62.1 Å². The Hall–Kier alpha value is -2.93. The van der Waals surface area contributed by atoms with Crippen LogP contribution in [0.1, 0.15) is 36.6 Å². The van der Waals surface area contributed by atoms with Crippen LogP contribution < -0.4 is 9.46 Å². The zero-order valence-electron chi connectivity index (χ0n) is 17.2. The number of hydrogen-bond donors (Lipinski definition) is 1. The highest BCUT2D eigenvalue weighted by molar-refractivity contribution is 7.90. The van der Waals surface area contributed by atoms with Crippen molar-refractivity contribution in [1.82, 2.24) is 9.71 Å². The molecular weight excluding hydrogens is 400 g/mol. The fraction of sp³-hybridized carbons (Fsp3) is 0.304. The quantitative estimate of drug-likeness (QED) is 0.653. The Balaban J connectivity index is 1.71. The van der Waals surface area contributed by atoms with Crippen LogP contribution in [0.4, 0.5) is 0 Å². The molecule has 0 radical (unpaired) electrons. The minimum absolute atomic E-state index is 0.0472. The molecule has 1 fully saturated rings. The maximum Gasteiger partial charge on any atom is 0.264 e. The van der Waals surface area contributed by atoms with Crippen molar-refractivity contribution >= 4 is 26.8 Å². The molecule has 1 saturated carbocycles. The molecule has 1 heterocycles. The molecule has 4 rings (SSSR count). The average molecular weight is 425 g/mol. The highest BCUT2D eigenvalue weighted by atomic mass is 32.2. The van der Waals surface area contributed by atoms with Gasteiger partial charge in [-0.15, -0.1) is 0 Å². The van der Waals surface area contributed by atoms with E-state index in [0.29, 0.717) is 29.5 Å². The van der Waals surface area contributed by atoms with Crippen molar-refractivity contribution in [2.24, 2.45) is 0 Å². The standard InChI is InChI=1S/C23H24N2O4S/c1-4-16-9-11-20(29-3)18(14-16)23(12-13-23)22(26)25-30(27,28)21-7-5-6-19-17(21)10-8-15(2)24-19/h5-11,14H,4,12-13H2,1-3H3,(H,25,26). The molecule has 0 saturated heterocycles. The number of aryl methyl sites for hydroxylation is 2. The minimum atomic E-state index is -4.07. The Morgan fingerprint density at radius 2 is 1.93 bits per heavy atom. The molecule has 2 aromatic carbocycles. The first-order valence-electron chi connectivity index (χ1n) is 9.92. The number of carbonyl (C=O) groups excluding carboxylic acids is 1. The molecule has 0 aliphatic heterocycles. The molecule has 1 amide bonds. The summed E-state index contributed by atoms with van der Waals surface area (Å²) in [5.74, 6) is 0.0770. The summed E-state index contributed by atoms with van der Waals surface area (Å²) in [4.78, 5) is 17.6. The number of carbonyl (C=O) groups is 1. The molecule has 0 bridgehead atoms. The number of nitrogens with one attached hydrogen (secondary N) is 1. The molecule has 156 valence electrons. The van der Waals surface area contributed by atoms with Gasteiger partial charge in [0.25, 0.3) is 10.0 Å². The molecule has 0 spiro atoms. The third-order valence-corrected chi connectivity index (χ3v) is 7.11. The van der Waals surface area contributed by atoms with Gasteiger partial charge in [0, 0.05) is 16.6 Å². The van der Waals surface area contributed by atoms with Crippen LogP contribution in [-0.2, 0) is 26.7 Å². The highest BCUT2D eigenvalue weighted by Gasteiger charge is 2.54. The van der Waals surface area contributed by atoms with Crippen LogP contribution in [-0.4, -0.2) is 26.4 Å². The van der Waals surface area contributed by atoms with Crippen molar-refractivity contribution in [2.45, 2.75) is 43.4 Å². The number of rotatable bonds is 6. The molecule has 0 unspecified atom stereocenters. The van der Waals surface area contributed by atoms with Gasteiger partial charge in [-0.2, -0.15) is 0 Å². The van der Waals surface area contributed by atoms with Gasteiger partial charge in [-0.3, -0.25) is 9.78 Å². The molecule has 7 heteroatoms. The first-order valence-corrected chi connectivity index (χ1v) is 11.4. The SMILES string of the molecule is CCc1ccc(OC)c(C2(C(=O)NS(=O)(=O)c3cccc4nc(C)ccc34)CC2)c1. The van der Waals surface area contributed by atoms with E-state index in [2.05, 4.69) is 9.71 Å². The van der Waals surface area contributed by atoms with Gasteiger partial charge in [0.15, 0.2) is 0 Å². The molecule has 6 nitrogen and oxygen atoms in total. The molecule has 30 heavy (non-hydrogen) atoms. The van der Waals surface area contributed by atoms with E-state index in [9.17, 15) is 13.2 Å². The van der Waals surface area contributed by atoms with E-state index in [0.717, 1.165) is 23.2 Å². The lowest BCUT2D eigenvalue weighted by Crippen LogP contribution is -2.39. The van der Waals surface area contributed by atoms with Crippen LogP contribution in [0.2, 0.25) is 0 Å². The second-order valence-electron chi connectivity index (χ2n) is 7.68. The summed E-state index contributed by atoms with van der Waals surface area (Å²) >= 11 is 0. The van der Waals surface area contributed by atoms with Crippen LogP contribution in [0.25, 0.3) is 10.9 Å². The van der Waals surface area contributed by atoms with Gasteiger partial charge in [0.1, 0.15) is 5.75 Å².